The summed E-state index contributed by atoms with van der Waals surface area (Å²) >= 11 is 0. The second-order valence-electron chi connectivity index (χ2n) is 27.1. The molecule has 0 aliphatic rings. The average molecular weight is 1110 g/mol. The van der Waals surface area contributed by atoms with E-state index in [0.717, 1.165) is 19.5 Å². The Morgan fingerprint density at radius 1 is 0.403 bits per heavy atom. The first kappa shape index (κ1) is 85.0. The summed E-state index contributed by atoms with van der Waals surface area (Å²) in [6.07, 6.45) is 2.12. The number of hydrogen-bond donors (Lipinski definition) is 4. The van der Waals surface area contributed by atoms with Crippen LogP contribution in [0.15, 0.2) is 0 Å². The van der Waals surface area contributed by atoms with Crippen LogP contribution in [0.4, 0.5) is 0 Å². The van der Waals surface area contributed by atoms with Crippen molar-refractivity contribution >= 4 is 41.1 Å². The van der Waals surface area contributed by atoms with Gasteiger partial charge in [-0.05, 0) is 117 Å². The summed E-state index contributed by atoms with van der Waals surface area (Å²) in [7, 11) is 0. The lowest BCUT2D eigenvalue weighted by molar-refractivity contribution is -0.199. The maximum atomic E-state index is 11.5. The van der Waals surface area contributed by atoms with Crippen LogP contribution < -0.4 is 21.3 Å². The van der Waals surface area contributed by atoms with E-state index in [2.05, 4.69) is 62.8 Å². The Hall–Kier alpha value is -3.31. The van der Waals surface area contributed by atoms with E-state index in [-0.39, 0.29) is 105 Å². The van der Waals surface area contributed by atoms with Crippen molar-refractivity contribution in [2.45, 2.75) is 274 Å². The standard InChI is InChI=1S/C12H25NO2.C10H19NO2.2C10H21NO.C10H20O3.C9H18O3/c1-11(2,3)10(14)13-8-7-9-15-12(4,5)6;1-7(2)9(12)5-6-11-10(13)8(3)4;2*1-8(2)9(12)6-7-11-10(3,4)5;1-7(2)9(11)12-8(3)13-10(4,5)6;1-7(2)8(10)11-6-12-9(3,4)5/h7-9H2,1-6H3,(H,13,14);7-8H,5-6H2,1-4H3,(H,11,13);2*8,11H,6-7H2,1-5H3;7-8H,1-6H3;7H,6H2,1-5H3. The predicted octanol–water partition coefficient (Wildman–Crippen LogP) is 12.0. The highest BCUT2D eigenvalue weighted by Gasteiger charge is 2.22. The smallest absolute Gasteiger partial charge is 0.310 e. The molecule has 0 bridgehead atoms. The summed E-state index contributed by atoms with van der Waals surface area (Å²) in [5, 5.41) is 12.2. The fourth-order valence-electron chi connectivity index (χ4n) is 4.67. The van der Waals surface area contributed by atoms with Crippen LogP contribution in [0.1, 0.15) is 240 Å². The average Bonchev–Trinajstić information content (AvgIpc) is 3.21. The van der Waals surface area contributed by atoms with E-state index in [1.54, 1.807) is 34.6 Å². The van der Waals surface area contributed by atoms with Crippen LogP contribution in [0, 0.1) is 40.9 Å². The highest BCUT2D eigenvalue weighted by molar-refractivity contribution is 5.83. The van der Waals surface area contributed by atoms with Crippen molar-refractivity contribution in [1.29, 1.82) is 0 Å². The van der Waals surface area contributed by atoms with Gasteiger partial charge in [-0.2, -0.15) is 0 Å². The molecule has 0 heterocycles. The fourth-order valence-corrected chi connectivity index (χ4v) is 4.67. The van der Waals surface area contributed by atoms with Crippen LogP contribution in [-0.2, 0) is 57.2 Å². The van der Waals surface area contributed by atoms with Crippen LogP contribution in [-0.4, -0.2) is 115 Å². The Balaban J connectivity index is -0.000000197. The SMILES string of the molecule is CC(C)(C)OCCCNC(=O)C(C)(C)C.CC(C)C(=O)CCNC(=O)C(C)C.CC(C)C(=O)CCNC(C)(C)C.CC(C)C(=O)CCNC(C)(C)C.CC(C)C(=O)OCOC(C)(C)C.CC(OC(=O)C(C)C)OC(C)(C)C. The number of carbonyl (C=O) groups excluding carboxylic acids is 7. The van der Waals surface area contributed by atoms with Crippen molar-refractivity contribution in [2.75, 3.05) is 39.6 Å². The minimum atomic E-state index is -0.477. The van der Waals surface area contributed by atoms with Gasteiger partial charge in [0.2, 0.25) is 18.1 Å². The van der Waals surface area contributed by atoms with E-state index in [1.165, 1.54) is 0 Å². The maximum Gasteiger partial charge on any atom is 0.310 e. The number of rotatable bonds is 23. The molecule has 4 N–H and O–H groups in total. The van der Waals surface area contributed by atoms with Crippen molar-refractivity contribution in [3.05, 3.63) is 0 Å². The highest BCUT2D eigenvalue weighted by atomic mass is 16.7. The molecule has 0 saturated heterocycles. The van der Waals surface area contributed by atoms with E-state index < -0.39 is 6.29 Å². The third-order valence-electron chi connectivity index (χ3n) is 9.44. The monoisotopic (exact) mass is 1100 g/mol. The molecule has 1 atom stereocenters. The van der Waals surface area contributed by atoms with Crippen LogP contribution in [0.25, 0.3) is 0 Å². The molecule has 16 heteroatoms. The van der Waals surface area contributed by atoms with Crippen molar-refractivity contribution in [3.8, 4) is 0 Å². The third-order valence-corrected chi connectivity index (χ3v) is 9.44. The Bertz CT molecular complexity index is 1490. The summed E-state index contributed by atoms with van der Waals surface area (Å²) in [6.45, 7) is 63.5. The second-order valence-corrected chi connectivity index (χ2v) is 27.1. The van der Waals surface area contributed by atoms with Gasteiger partial charge in [0.1, 0.15) is 17.3 Å². The first-order chi connectivity index (χ1) is 34.3. The van der Waals surface area contributed by atoms with Crippen molar-refractivity contribution < 1.29 is 57.2 Å². The van der Waals surface area contributed by atoms with Crippen molar-refractivity contribution in [2.24, 2.45) is 40.9 Å². The summed E-state index contributed by atoms with van der Waals surface area (Å²) < 4.78 is 26.0. The minimum Gasteiger partial charge on any atom is -0.438 e. The quantitative estimate of drug-likeness (QED) is 0.0426. The van der Waals surface area contributed by atoms with Gasteiger partial charge in [0.25, 0.3) is 0 Å². The molecule has 0 aromatic heterocycles. The van der Waals surface area contributed by atoms with E-state index in [0.29, 0.717) is 50.5 Å². The number of esters is 2. The van der Waals surface area contributed by atoms with Gasteiger partial charge in [-0.3, -0.25) is 33.6 Å². The zero-order valence-electron chi connectivity index (χ0n) is 55.5. The molecule has 0 rings (SSSR count). The third kappa shape index (κ3) is 70.7. The number of amides is 2. The molecule has 1 unspecified atom stereocenters. The number of ether oxygens (including phenoxy) is 5. The van der Waals surface area contributed by atoms with Gasteiger partial charge < -0.3 is 45.0 Å². The van der Waals surface area contributed by atoms with E-state index in [4.69, 9.17) is 23.7 Å². The topological polar surface area (TPSA) is 214 Å². The minimum absolute atomic E-state index is 0.00541. The van der Waals surface area contributed by atoms with Crippen LogP contribution in [0.3, 0.4) is 0 Å². The Labute approximate surface area is 473 Å². The lowest BCUT2D eigenvalue weighted by atomic mass is 9.96. The number of Topliss-reactive ketones (excluding diaryl/α,β-unsaturated/α-hetero) is 3. The van der Waals surface area contributed by atoms with Gasteiger partial charge in [-0.25, -0.2) is 0 Å². The number of nitrogens with one attached hydrogen (secondary N) is 4. The van der Waals surface area contributed by atoms with E-state index >= 15 is 0 Å². The Morgan fingerprint density at radius 2 is 0.766 bits per heavy atom. The molecular weight excluding hydrogens is 981 g/mol. The molecule has 0 saturated carbocycles. The lowest BCUT2D eigenvalue weighted by Gasteiger charge is -2.25. The van der Waals surface area contributed by atoms with Gasteiger partial charge in [-0.15, -0.1) is 0 Å². The normalized spacial score (nSPS) is 12.3. The van der Waals surface area contributed by atoms with Gasteiger partial charge in [0.15, 0.2) is 6.79 Å². The van der Waals surface area contributed by atoms with Gasteiger partial charge in [0.05, 0.1) is 28.6 Å². The van der Waals surface area contributed by atoms with Gasteiger partial charge in [0, 0.05) is 92.2 Å². The summed E-state index contributed by atoms with van der Waals surface area (Å²) in [6, 6.07) is 0. The molecule has 460 valence electrons. The maximum absolute atomic E-state index is 11.5. The molecule has 0 spiro atoms. The molecule has 0 radical (unpaired) electrons. The van der Waals surface area contributed by atoms with E-state index in [9.17, 15) is 33.6 Å². The summed E-state index contributed by atoms with van der Waals surface area (Å²) in [5.74, 6) is 0.747. The van der Waals surface area contributed by atoms with E-state index in [1.807, 2.05) is 138 Å². The lowest BCUT2D eigenvalue weighted by Crippen LogP contribution is -2.37. The number of carbonyl (C=O) groups is 7. The van der Waals surface area contributed by atoms with Crippen molar-refractivity contribution in [3.63, 3.8) is 0 Å². The first-order valence-corrected chi connectivity index (χ1v) is 28.2. The number of ketones is 3. The predicted molar refractivity (Wildman–Crippen MR) is 317 cm³/mol. The first-order valence-electron chi connectivity index (χ1n) is 28.2. The molecule has 16 nitrogen and oxygen atoms in total. The molecule has 0 fully saturated rings. The van der Waals surface area contributed by atoms with Crippen molar-refractivity contribution in [1.82, 2.24) is 21.3 Å². The molecule has 77 heavy (non-hydrogen) atoms. The zero-order chi connectivity index (χ0) is 62.5. The molecular formula is C61H124N4O12. The van der Waals surface area contributed by atoms with Crippen LogP contribution in [0.2, 0.25) is 0 Å². The van der Waals surface area contributed by atoms with Crippen LogP contribution in [0.5, 0.6) is 0 Å². The fraction of sp³-hybridized carbons (Fsp3) is 0.885. The van der Waals surface area contributed by atoms with Gasteiger partial charge in [-0.1, -0.05) is 104 Å². The molecule has 0 aliphatic carbocycles. The molecule has 0 aliphatic heterocycles. The summed E-state index contributed by atoms with van der Waals surface area (Å²) in [4.78, 5) is 78.1. The molecule has 0 aromatic carbocycles. The Morgan fingerprint density at radius 3 is 1.05 bits per heavy atom. The number of hydrogen-bond acceptors (Lipinski definition) is 14. The zero-order valence-corrected chi connectivity index (χ0v) is 55.5. The summed E-state index contributed by atoms with van der Waals surface area (Å²) in [5.41, 5.74) is -0.679. The second kappa shape index (κ2) is 42.6. The highest BCUT2D eigenvalue weighted by Crippen LogP contribution is 2.14. The molecule has 2 amide bonds. The largest absolute Gasteiger partial charge is 0.438 e. The molecule has 0 aromatic rings. The van der Waals surface area contributed by atoms with Gasteiger partial charge >= 0.3 is 11.9 Å². The van der Waals surface area contributed by atoms with Crippen LogP contribution >= 0.6 is 0 Å². The Kier molecular flexibility index (Phi) is 47.0.